The van der Waals surface area contributed by atoms with E-state index in [-0.39, 0.29) is 30.2 Å². The molecule has 0 aliphatic carbocycles. The van der Waals surface area contributed by atoms with Gasteiger partial charge in [0.1, 0.15) is 6.10 Å². The van der Waals surface area contributed by atoms with Crippen molar-refractivity contribution in [1.29, 1.82) is 0 Å². The summed E-state index contributed by atoms with van der Waals surface area (Å²) in [6, 6.07) is 0. The van der Waals surface area contributed by atoms with Gasteiger partial charge in [0.25, 0.3) is 0 Å². The molecule has 17 heavy (non-hydrogen) atoms. The van der Waals surface area contributed by atoms with Crippen molar-refractivity contribution in [1.82, 2.24) is 0 Å². The summed E-state index contributed by atoms with van der Waals surface area (Å²) in [5.41, 5.74) is 5.43. The number of carbonyl (C=O) groups excluding carboxylic acids is 1. The van der Waals surface area contributed by atoms with E-state index in [0.717, 1.165) is 25.7 Å². The first-order chi connectivity index (χ1) is 8.02. The van der Waals surface area contributed by atoms with Gasteiger partial charge in [0, 0.05) is 12.8 Å². The number of hydrogen-bond donors (Lipinski definition) is 1. The van der Waals surface area contributed by atoms with E-state index in [9.17, 15) is 4.79 Å². The molecule has 0 radical (unpaired) electrons. The van der Waals surface area contributed by atoms with Gasteiger partial charge in [-0.25, -0.2) is 0 Å². The number of rotatable bonds is 5. The first-order valence-electron chi connectivity index (χ1n) is 6.59. The molecule has 0 amide bonds. The van der Waals surface area contributed by atoms with Crippen LogP contribution in [0.5, 0.6) is 0 Å². The molecule has 1 heterocycles. The fourth-order valence-corrected chi connectivity index (χ4v) is 2.26. The molecule has 3 atom stereocenters. The number of ether oxygens (including phenoxy) is 2. The van der Waals surface area contributed by atoms with Crippen LogP contribution in [-0.4, -0.2) is 30.8 Å². The molecule has 3 unspecified atom stereocenters. The minimum Gasteiger partial charge on any atom is -0.462 e. The van der Waals surface area contributed by atoms with Crippen LogP contribution in [0.3, 0.4) is 0 Å². The van der Waals surface area contributed by atoms with E-state index in [4.69, 9.17) is 15.2 Å². The van der Waals surface area contributed by atoms with E-state index >= 15 is 0 Å². The Balaban J connectivity index is 2.34. The molecule has 0 aromatic carbocycles. The predicted molar refractivity (Wildman–Crippen MR) is 66.6 cm³/mol. The second-order valence-corrected chi connectivity index (χ2v) is 5.12. The summed E-state index contributed by atoms with van der Waals surface area (Å²) in [5, 5.41) is 0. The lowest BCUT2D eigenvalue weighted by molar-refractivity contribution is -0.164. The highest BCUT2D eigenvalue weighted by atomic mass is 16.6. The van der Waals surface area contributed by atoms with Crippen molar-refractivity contribution >= 4 is 5.97 Å². The highest BCUT2D eigenvalue weighted by Gasteiger charge is 2.28. The van der Waals surface area contributed by atoms with Crippen LogP contribution >= 0.6 is 0 Å². The normalized spacial score (nSPS) is 30.9. The number of hydrogen-bond acceptors (Lipinski definition) is 4. The molecule has 0 bridgehead atoms. The summed E-state index contributed by atoms with van der Waals surface area (Å²) in [6.45, 7) is 6.58. The highest BCUT2D eigenvalue weighted by Crippen LogP contribution is 2.23. The van der Waals surface area contributed by atoms with Crippen LogP contribution in [0.4, 0.5) is 0 Å². The Morgan fingerprint density at radius 2 is 2.00 bits per heavy atom. The van der Waals surface area contributed by atoms with Gasteiger partial charge in [0.15, 0.2) is 0 Å². The van der Waals surface area contributed by atoms with Crippen LogP contribution in [0.25, 0.3) is 0 Å². The van der Waals surface area contributed by atoms with Crippen LogP contribution in [0.2, 0.25) is 0 Å². The summed E-state index contributed by atoms with van der Waals surface area (Å²) < 4.78 is 11.1. The van der Waals surface area contributed by atoms with E-state index in [0.29, 0.717) is 6.54 Å². The molecule has 4 heteroatoms. The van der Waals surface area contributed by atoms with E-state index in [1.807, 2.05) is 20.8 Å². The molecule has 0 saturated carbocycles. The SMILES string of the molecule is CC1CC(OC(=O)C(C)CCCN)CC(C)O1. The molecule has 1 saturated heterocycles. The molecule has 0 spiro atoms. The third-order valence-electron chi connectivity index (χ3n) is 3.18. The van der Waals surface area contributed by atoms with Crippen LogP contribution in [-0.2, 0) is 14.3 Å². The molecular formula is C13H25NO3. The highest BCUT2D eigenvalue weighted by molar-refractivity contribution is 5.72. The zero-order valence-corrected chi connectivity index (χ0v) is 11.1. The molecule has 0 aromatic heterocycles. The molecule has 0 aromatic rings. The zero-order chi connectivity index (χ0) is 12.8. The maximum Gasteiger partial charge on any atom is 0.308 e. The van der Waals surface area contributed by atoms with Crippen molar-refractivity contribution in [3.8, 4) is 0 Å². The lowest BCUT2D eigenvalue weighted by atomic mass is 10.0. The summed E-state index contributed by atoms with van der Waals surface area (Å²) >= 11 is 0. The quantitative estimate of drug-likeness (QED) is 0.749. The summed E-state index contributed by atoms with van der Waals surface area (Å²) in [7, 11) is 0. The van der Waals surface area contributed by atoms with Gasteiger partial charge >= 0.3 is 5.97 Å². The predicted octanol–water partition coefficient (Wildman–Crippen LogP) is 1.86. The smallest absolute Gasteiger partial charge is 0.308 e. The van der Waals surface area contributed by atoms with E-state index in [1.54, 1.807) is 0 Å². The Morgan fingerprint density at radius 3 is 2.53 bits per heavy atom. The lowest BCUT2D eigenvalue weighted by Gasteiger charge is -2.32. The van der Waals surface area contributed by atoms with Crippen LogP contribution in [0, 0.1) is 5.92 Å². The largest absolute Gasteiger partial charge is 0.462 e. The van der Waals surface area contributed by atoms with Crippen LogP contribution in [0.15, 0.2) is 0 Å². The minimum absolute atomic E-state index is 0.0153. The van der Waals surface area contributed by atoms with Crippen molar-refractivity contribution in [3.05, 3.63) is 0 Å². The summed E-state index contributed by atoms with van der Waals surface area (Å²) in [6.07, 6.45) is 3.66. The first-order valence-corrected chi connectivity index (χ1v) is 6.59. The Bertz CT molecular complexity index is 235. The van der Waals surface area contributed by atoms with Gasteiger partial charge in [-0.2, -0.15) is 0 Å². The van der Waals surface area contributed by atoms with Gasteiger partial charge in [-0.05, 0) is 33.2 Å². The van der Waals surface area contributed by atoms with E-state index in [2.05, 4.69) is 0 Å². The molecule has 1 fully saturated rings. The second-order valence-electron chi connectivity index (χ2n) is 5.12. The Labute approximate surface area is 104 Å². The van der Waals surface area contributed by atoms with Crippen molar-refractivity contribution in [2.45, 2.75) is 64.8 Å². The van der Waals surface area contributed by atoms with E-state index in [1.165, 1.54) is 0 Å². The third-order valence-corrected chi connectivity index (χ3v) is 3.18. The van der Waals surface area contributed by atoms with Gasteiger partial charge < -0.3 is 15.2 Å². The van der Waals surface area contributed by atoms with Gasteiger partial charge in [0.05, 0.1) is 18.1 Å². The first kappa shape index (κ1) is 14.5. The molecule has 2 N–H and O–H groups in total. The standard InChI is InChI=1S/C13H25NO3/c1-9(5-4-6-14)13(15)17-12-7-10(2)16-11(3)8-12/h9-12H,4-8,14H2,1-3H3. The maximum atomic E-state index is 11.8. The van der Waals surface area contributed by atoms with Crippen LogP contribution < -0.4 is 5.73 Å². The molecule has 1 aliphatic rings. The number of esters is 1. The molecule has 100 valence electrons. The third kappa shape index (κ3) is 5.04. The van der Waals surface area contributed by atoms with Crippen LogP contribution in [0.1, 0.15) is 46.5 Å². The van der Waals surface area contributed by atoms with Gasteiger partial charge in [-0.15, -0.1) is 0 Å². The van der Waals surface area contributed by atoms with Crippen molar-refractivity contribution in [3.63, 3.8) is 0 Å². The second kappa shape index (κ2) is 6.97. The lowest BCUT2D eigenvalue weighted by Crippen LogP contribution is -2.36. The Morgan fingerprint density at radius 1 is 1.41 bits per heavy atom. The van der Waals surface area contributed by atoms with Crippen molar-refractivity contribution in [2.24, 2.45) is 11.7 Å². The summed E-state index contributed by atoms with van der Waals surface area (Å²) in [5.74, 6) is -0.142. The molecular weight excluding hydrogens is 218 g/mol. The zero-order valence-electron chi connectivity index (χ0n) is 11.1. The monoisotopic (exact) mass is 243 g/mol. The fourth-order valence-electron chi connectivity index (χ4n) is 2.26. The van der Waals surface area contributed by atoms with Gasteiger partial charge in [-0.1, -0.05) is 6.92 Å². The molecule has 1 rings (SSSR count). The molecule has 1 aliphatic heterocycles. The fraction of sp³-hybridized carbons (Fsp3) is 0.923. The summed E-state index contributed by atoms with van der Waals surface area (Å²) in [4.78, 5) is 11.8. The Hall–Kier alpha value is -0.610. The van der Waals surface area contributed by atoms with Crippen molar-refractivity contribution < 1.29 is 14.3 Å². The maximum absolute atomic E-state index is 11.8. The van der Waals surface area contributed by atoms with Gasteiger partial charge in [-0.3, -0.25) is 4.79 Å². The molecule has 4 nitrogen and oxygen atoms in total. The van der Waals surface area contributed by atoms with E-state index < -0.39 is 0 Å². The average molecular weight is 243 g/mol. The number of carbonyl (C=O) groups is 1. The Kier molecular flexibility index (Phi) is 5.92. The van der Waals surface area contributed by atoms with Gasteiger partial charge in [0.2, 0.25) is 0 Å². The number of nitrogens with two attached hydrogens (primary N) is 1. The van der Waals surface area contributed by atoms with Crippen molar-refractivity contribution in [2.75, 3.05) is 6.54 Å². The average Bonchev–Trinajstić information content (AvgIpc) is 2.24. The topological polar surface area (TPSA) is 61.5 Å². The minimum atomic E-state index is -0.0928.